The third-order valence-electron chi connectivity index (χ3n) is 2.79. The van der Waals surface area contributed by atoms with Gasteiger partial charge in [0, 0.05) is 25.2 Å². The summed E-state index contributed by atoms with van der Waals surface area (Å²) in [6, 6.07) is 7.88. The molecular weight excluding hydrogens is 176 g/mol. The van der Waals surface area contributed by atoms with Crippen LogP contribution in [0, 0.1) is 5.92 Å². The number of ketones is 1. The van der Waals surface area contributed by atoms with Crippen LogP contribution < -0.4 is 0 Å². The summed E-state index contributed by atoms with van der Waals surface area (Å²) in [5.74, 6) is 0.435. The van der Waals surface area contributed by atoms with Gasteiger partial charge in [0.05, 0.1) is 0 Å². The molecule has 1 atom stereocenters. The minimum Gasteiger partial charge on any atom is -0.385 e. The van der Waals surface area contributed by atoms with E-state index in [9.17, 15) is 4.79 Å². The number of benzene rings is 1. The summed E-state index contributed by atoms with van der Waals surface area (Å²) in [5, 5.41) is 0. The van der Waals surface area contributed by atoms with Gasteiger partial charge in [-0.05, 0) is 18.4 Å². The summed E-state index contributed by atoms with van der Waals surface area (Å²) in [5.41, 5.74) is 2.10. The number of carbonyl (C=O) groups is 1. The number of Topliss-reactive ketones (excluding diaryl/α,β-unsaturated/α-hetero) is 1. The minimum absolute atomic E-state index is 0.146. The summed E-state index contributed by atoms with van der Waals surface area (Å²) in [4.78, 5) is 11.8. The van der Waals surface area contributed by atoms with E-state index in [1.807, 2.05) is 24.3 Å². The molecule has 0 aliphatic heterocycles. The summed E-state index contributed by atoms with van der Waals surface area (Å²) in [6.07, 6.45) is 1.72. The van der Waals surface area contributed by atoms with Crippen molar-refractivity contribution in [2.24, 2.45) is 5.92 Å². The van der Waals surface area contributed by atoms with Crippen LogP contribution in [0.15, 0.2) is 24.3 Å². The molecule has 2 nitrogen and oxygen atoms in total. The molecule has 1 aliphatic carbocycles. The molecule has 1 aromatic rings. The highest BCUT2D eigenvalue weighted by atomic mass is 16.5. The number of rotatable bonds is 3. The van der Waals surface area contributed by atoms with Gasteiger partial charge in [0.1, 0.15) is 0 Å². The molecule has 1 unspecified atom stereocenters. The lowest BCUT2D eigenvalue weighted by Crippen LogP contribution is -2.11. The average molecular weight is 190 g/mol. The van der Waals surface area contributed by atoms with E-state index in [0.29, 0.717) is 6.61 Å². The number of ether oxygens (including phenoxy) is 1. The Hall–Kier alpha value is -1.15. The van der Waals surface area contributed by atoms with E-state index in [1.165, 1.54) is 5.56 Å². The Labute approximate surface area is 83.9 Å². The zero-order valence-corrected chi connectivity index (χ0v) is 8.32. The van der Waals surface area contributed by atoms with E-state index >= 15 is 0 Å². The Morgan fingerprint density at radius 1 is 1.43 bits per heavy atom. The molecule has 0 radical (unpaired) electrons. The maximum Gasteiger partial charge on any atom is 0.166 e. The van der Waals surface area contributed by atoms with Gasteiger partial charge in [0.25, 0.3) is 0 Å². The number of hydrogen-bond acceptors (Lipinski definition) is 2. The van der Waals surface area contributed by atoms with Gasteiger partial charge in [-0.15, -0.1) is 0 Å². The van der Waals surface area contributed by atoms with E-state index < -0.39 is 0 Å². The monoisotopic (exact) mass is 190 g/mol. The quantitative estimate of drug-likeness (QED) is 0.729. The summed E-state index contributed by atoms with van der Waals surface area (Å²) >= 11 is 0. The third-order valence-corrected chi connectivity index (χ3v) is 2.79. The lowest BCUT2D eigenvalue weighted by atomic mass is 10.0. The Kier molecular flexibility index (Phi) is 2.64. The van der Waals surface area contributed by atoms with Crippen molar-refractivity contribution >= 4 is 5.78 Å². The van der Waals surface area contributed by atoms with Gasteiger partial charge >= 0.3 is 0 Å². The fourth-order valence-corrected chi connectivity index (χ4v) is 2.01. The molecule has 0 amide bonds. The molecular formula is C12H14O2. The van der Waals surface area contributed by atoms with Gasteiger partial charge in [-0.1, -0.05) is 24.3 Å². The van der Waals surface area contributed by atoms with Crippen molar-refractivity contribution in [1.82, 2.24) is 0 Å². The van der Waals surface area contributed by atoms with Crippen molar-refractivity contribution in [3.05, 3.63) is 35.4 Å². The minimum atomic E-state index is 0.146. The van der Waals surface area contributed by atoms with Gasteiger partial charge in [0.2, 0.25) is 0 Å². The van der Waals surface area contributed by atoms with E-state index in [2.05, 4.69) is 0 Å². The molecule has 0 saturated heterocycles. The largest absolute Gasteiger partial charge is 0.385 e. The van der Waals surface area contributed by atoms with E-state index in [-0.39, 0.29) is 11.7 Å². The zero-order valence-electron chi connectivity index (χ0n) is 8.32. The molecule has 0 saturated carbocycles. The molecule has 14 heavy (non-hydrogen) atoms. The van der Waals surface area contributed by atoms with E-state index in [1.54, 1.807) is 7.11 Å². The molecule has 0 heterocycles. The maximum absolute atomic E-state index is 11.8. The highest BCUT2D eigenvalue weighted by Gasteiger charge is 2.29. The highest BCUT2D eigenvalue weighted by Crippen LogP contribution is 2.28. The first-order valence-corrected chi connectivity index (χ1v) is 4.94. The fraction of sp³-hybridized carbons (Fsp3) is 0.417. The first-order valence-electron chi connectivity index (χ1n) is 4.94. The predicted octanol–water partition coefficient (Wildman–Crippen LogP) is 2.08. The van der Waals surface area contributed by atoms with Crippen LogP contribution in [0.2, 0.25) is 0 Å². The number of methoxy groups -OCH3 is 1. The van der Waals surface area contributed by atoms with Gasteiger partial charge < -0.3 is 4.74 Å². The van der Waals surface area contributed by atoms with Crippen LogP contribution in [-0.4, -0.2) is 19.5 Å². The Morgan fingerprint density at radius 3 is 2.93 bits per heavy atom. The second kappa shape index (κ2) is 3.93. The first-order chi connectivity index (χ1) is 6.83. The van der Waals surface area contributed by atoms with E-state index in [4.69, 9.17) is 4.74 Å². The molecule has 2 rings (SSSR count). The molecule has 74 valence electrons. The number of hydrogen-bond donors (Lipinski definition) is 0. The van der Waals surface area contributed by atoms with E-state index in [0.717, 1.165) is 18.4 Å². The van der Waals surface area contributed by atoms with Crippen LogP contribution >= 0.6 is 0 Å². The fourth-order valence-electron chi connectivity index (χ4n) is 2.01. The molecule has 0 aromatic heterocycles. The Morgan fingerprint density at radius 2 is 2.21 bits per heavy atom. The summed E-state index contributed by atoms with van der Waals surface area (Å²) in [6.45, 7) is 0.671. The van der Waals surface area contributed by atoms with Gasteiger partial charge in [-0.2, -0.15) is 0 Å². The first kappa shape index (κ1) is 9.41. The second-order valence-electron chi connectivity index (χ2n) is 3.70. The van der Waals surface area contributed by atoms with Crippen LogP contribution in [0.5, 0.6) is 0 Å². The normalized spacial score (nSPS) is 19.8. The summed E-state index contributed by atoms with van der Waals surface area (Å²) < 4.78 is 5.00. The standard InChI is InChI=1S/C12H14O2/c1-14-7-6-10-8-9-4-2-3-5-11(9)12(10)13/h2-5,10H,6-8H2,1H3. The van der Waals surface area contributed by atoms with Gasteiger partial charge in [-0.3, -0.25) is 4.79 Å². The zero-order chi connectivity index (χ0) is 9.97. The van der Waals surface area contributed by atoms with Crippen molar-refractivity contribution in [1.29, 1.82) is 0 Å². The van der Waals surface area contributed by atoms with Crippen molar-refractivity contribution in [3.63, 3.8) is 0 Å². The predicted molar refractivity (Wildman–Crippen MR) is 54.5 cm³/mol. The molecule has 1 aliphatic rings. The molecule has 0 spiro atoms. The topological polar surface area (TPSA) is 26.3 Å². The number of fused-ring (bicyclic) bond motifs is 1. The van der Waals surface area contributed by atoms with Crippen molar-refractivity contribution in [3.8, 4) is 0 Å². The molecule has 2 heteroatoms. The average Bonchev–Trinajstić information content (AvgIpc) is 2.54. The van der Waals surface area contributed by atoms with Crippen molar-refractivity contribution in [2.45, 2.75) is 12.8 Å². The van der Waals surface area contributed by atoms with Gasteiger partial charge in [-0.25, -0.2) is 0 Å². The SMILES string of the molecule is COCCC1Cc2ccccc2C1=O. The third kappa shape index (κ3) is 1.58. The van der Waals surface area contributed by atoms with Crippen molar-refractivity contribution in [2.75, 3.05) is 13.7 Å². The molecule has 0 fully saturated rings. The van der Waals surface area contributed by atoms with Crippen LogP contribution in [0.3, 0.4) is 0 Å². The maximum atomic E-state index is 11.8. The molecule has 1 aromatic carbocycles. The van der Waals surface area contributed by atoms with Crippen LogP contribution in [0.4, 0.5) is 0 Å². The summed E-state index contributed by atoms with van der Waals surface area (Å²) in [7, 11) is 1.67. The lowest BCUT2D eigenvalue weighted by Gasteiger charge is -2.05. The number of carbonyl (C=O) groups excluding carboxylic acids is 1. The molecule has 0 bridgehead atoms. The van der Waals surface area contributed by atoms with Gasteiger partial charge in [0.15, 0.2) is 5.78 Å². The molecule has 0 N–H and O–H groups in total. The lowest BCUT2D eigenvalue weighted by molar-refractivity contribution is 0.0900. The van der Waals surface area contributed by atoms with Crippen molar-refractivity contribution < 1.29 is 9.53 Å². The second-order valence-corrected chi connectivity index (χ2v) is 3.70. The van der Waals surface area contributed by atoms with Crippen LogP contribution in [0.25, 0.3) is 0 Å². The smallest absolute Gasteiger partial charge is 0.166 e. The Balaban J connectivity index is 2.13. The highest BCUT2D eigenvalue weighted by molar-refractivity contribution is 6.02. The Bertz CT molecular complexity index is 344. The van der Waals surface area contributed by atoms with Crippen LogP contribution in [0.1, 0.15) is 22.3 Å². The van der Waals surface area contributed by atoms with Crippen LogP contribution in [-0.2, 0) is 11.2 Å².